The van der Waals surface area contributed by atoms with Crippen molar-refractivity contribution in [1.82, 2.24) is 4.90 Å². The van der Waals surface area contributed by atoms with Gasteiger partial charge in [-0.3, -0.25) is 9.69 Å². The van der Waals surface area contributed by atoms with Crippen molar-refractivity contribution in [1.29, 1.82) is 0 Å². The summed E-state index contributed by atoms with van der Waals surface area (Å²) in [5, 5.41) is 2.98. The molecule has 0 bridgehead atoms. The molecule has 2 amide bonds. The number of amides is 2. The van der Waals surface area contributed by atoms with Gasteiger partial charge in [-0.05, 0) is 71.1 Å². The van der Waals surface area contributed by atoms with E-state index in [1.54, 1.807) is 4.90 Å². The lowest BCUT2D eigenvalue weighted by molar-refractivity contribution is -0.122. The summed E-state index contributed by atoms with van der Waals surface area (Å²) in [6.07, 6.45) is 2.08. The van der Waals surface area contributed by atoms with Crippen LogP contribution in [0.3, 0.4) is 0 Å². The normalized spacial score (nSPS) is 18.2. The molecule has 132 valence electrons. The molecule has 1 fully saturated rings. The van der Waals surface area contributed by atoms with Crippen LogP contribution in [0.4, 0.5) is 10.5 Å². The maximum Gasteiger partial charge on any atom is 0.410 e. The number of aryl methyl sites for hydroxylation is 1. The van der Waals surface area contributed by atoms with Crippen LogP contribution in [0.5, 0.6) is 0 Å². The number of benzene rings is 1. The average Bonchev–Trinajstić information content (AvgIpc) is 2.50. The number of rotatable bonds is 2. The van der Waals surface area contributed by atoms with Crippen LogP contribution in [-0.4, -0.2) is 35.1 Å². The maximum atomic E-state index is 12.8. The number of anilines is 1. The minimum absolute atomic E-state index is 0.144. The molecule has 1 atom stereocenters. The van der Waals surface area contributed by atoms with E-state index in [0.29, 0.717) is 13.0 Å². The maximum absolute atomic E-state index is 12.8. The minimum atomic E-state index is -0.567. The van der Waals surface area contributed by atoms with E-state index >= 15 is 0 Å². The van der Waals surface area contributed by atoms with Crippen molar-refractivity contribution >= 4 is 17.7 Å². The molecule has 1 aliphatic heterocycles. The fourth-order valence-corrected chi connectivity index (χ4v) is 2.85. The molecule has 1 N–H and O–H groups in total. The van der Waals surface area contributed by atoms with Crippen LogP contribution in [0.25, 0.3) is 0 Å². The van der Waals surface area contributed by atoms with Gasteiger partial charge in [0.2, 0.25) is 5.91 Å². The largest absolute Gasteiger partial charge is 0.444 e. The number of likely N-dealkylation sites (tertiary alicyclic amines) is 1. The van der Waals surface area contributed by atoms with Gasteiger partial charge in [0.1, 0.15) is 11.6 Å². The fourth-order valence-electron chi connectivity index (χ4n) is 2.85. The Morgan fingerprint density at radius 2 is 1.92 bits per heavy atom. The van der Waals surface area contributed by atoms with Gasteiger partial charge in [0.25, 0.3) is 0 Å². The summed E-state index contributed by atoms with van der Waals surface area (Å²) in [5.41, 5.74) is 2.41. The van der Waals surface area contributed by atoms with Crippen molar-refractivity contribution in [2.24, 2.45) is 0 Å². The van der Waals surface area contributed by atoms with Gasteiger partial charge in [-0.2, -0.15) is 0 Å². The Balaban J connectivity index is 2.13. The van der Waals surface area contributed by atoms with Gasteiger partial charge < -0.3 is 10.1 Å². The zero-order valence-electron chi connectivity index (χ0n) is 15.3. The lowest BCUT2D eigenvalue weighted by Crippen LogP contribution is -2.51. The number of ether oxygens (including phenoxy) is 1. The highest BCUT2D eigenvalue weighted by molar-refractivity contribution is 5.97. The van der Waals surface area contributed by atoms with E-state index in [1.165, 1.54) is 0 Å². The zero-order chi connectivity index (χ0) is 17.9. The molecule has 1 saturated heterocycles. The molecule has 0 spiro atoms. The second kappa shape index (κ2) is 7.24. The van der Waals surface area contributed by atoms with Crippen LogP contribution in [0, 0.1) is 13.8 Å². The van der Waals surface area contributed by atoms with E-state index in [1.807, 2.05) is 52.8 Å². The molecule has 0 aliphatic carbocycles. The van der Waals surface area contributed by atoms with Crippen molar-refractivity contribution in [2.45, 2.75) is 65.5 Å². The third kappa shape index (κ3) is 4.49. The summed E-state index contributed by atoms with van der Waals surface area (Å²) in [5.74, 6) is -0.144. The van der Waals surface area contributed by atoms with E-state index in [0.717, 1.165) is 29.7 Å². The van der Waals surface area contributed by atoms with Crippen LogP contribution >= 0.6 is 0 Å². The third-order valence-electron chi connectivity index (χ3n) is 4.30. The van der Waals surface area contributed by atoms with Crippen molar-refractivity contribution in [3.63, 3.8) is 0 Å². The number of carbonyl (C=O) groups is 2. The summed E-state index contributed by atoms with van der Waals surface area (Å²) in [7, 11) is 0. The molecule has 1 aromatic rings. The summed E-state index contributed by atoms with van der Waals surface area (Å²) in [6, 6.07) is 5.35. The Kier molecular flexibility index (Phi) is 5.52. The number of nitrogens with zero attached hydrogens (tertiary/aromatic N) is 1. The van der Waals surface area contributed by atoms with E-state index in [9.17, 15) is 9.59 Å². The van der Waals surface area contributed by atoms with Crippen molar-refractivity contribution in [2.75, 3.05) is 11.9 Å². The molecular formula is C19H28N2O3. The van der Waals surface area contributed by atoms with E-state index in [4.69, 9.17) is 4.74 Å². The second-order valence-electron chi connectivity index (χ2n) is 7.42. The summed E-state index contributed by atoms with van der Waals surface area (Å²) in [6.45, 7) is 10.1. The van der Waals surface area contributed by atoms with Gasteiger partial charge in [0, 0.05) is 12.2 Å². The molecule has 0 aromatic heterocycles. The average molecular weight is 332 g/mol. The molecule has 1 heterocycles. The molecule has 1 aliphatic rings. The first-order valence-electron chi connectivity index (χ1n) is 8.56. The van der Waals surface area contributed by atoms with Crippen molar-refractivity contribution in [3.05, 3.63) is 29.3 Å². The molecule has 24 heavy (non-hydrogen) atoms. The monoisotopic (exact) mass is 332 g/mol. The Morgan fingerprint density at radius 3 is 2.58 bits per heavy atom. The Hall–Kier alpha value is -2.04. The Bertz CT molecular complexity index is 620. The van der Waals surface area contributed by atoms with Gasteiger partial charge in [-0.1, -0.05) is 12.1 Å². The second-order valence-corrected chi connectivity index (χ2v) is 7.42. The predicted octanol–water partition coefficient (Wildman–Crippen LogP) is 4.03. The molecule has 1 aromatic carbocycles. The van der Waals surface area contributed by atoms with Gasteiger partial charge >= 0.3 is 6.09 Å². The summed E-state index contributed by atoms with van der Waals surface area (Å²) >= 11 is 0. The molecule has 5 nitrogen and oxygen atoms in total. The molecule has 0 unspecified atom stereocenters. The zero-order valence-corrected chi connectivity index (χ0v) is 15.3. The molecule has 0 saturated carbocycles. The SMILES string of the molecule is Cc1cccc(NC(=O)[C@H]2CCCCN2C(=O)OC(C)(C)C)c1C. The lowest BCUT2D eigenvalue weighted by atomic mass is 10.0. The van der Waals surface area contributed by atoms with E-state index < -0.39 is 17.7 Å². The first-order chi connectivity index (χ1) is 11.2. The first-order valence-corrected chi connectivity index (χ1v) is 8.56. The van der Waals surface area contributed by atoms with Crippen LogP contribution in [0.1, 0.15) is 51.2 Å². The quantitative estimate of drug-likeness (QED) is 0.889. The van der Waals surface area contributed by atoms with Crippen molar-refractivity contribution in [3.8, 4) is 0 Å². The standard InChI is InChI=1S/C19H28N2O3/c1-13-9-8-10-15(14(13)2)20-17(22)16-11-6-7-12-21(16)18(23)24-19(3,4)5/h8-10,16H,6-7,11-12H2,1-5H3,(H,20,22)/t16-/m1/s1. The number of hydrogen-bond acceptors (Lipinski definition) is 3. The number of carbonyl (C=O) groups excluding carboxylic acids is 2. The van der Waals surface area contributed by atoms with Gasteiger partial charge in [0.05, 0.1) is 0 Å². The number of nitrogens with one attached hydrogen (secondary N) is 1. The number of hydrogen-bond donors (Lipinski definition) is 1. The third-order valence-corrected chi connectivity index (χ3v) is 4.30. The van der Waals surface area contributed by atoms with Gasteiger partial charge in [-0.15, -0.1) is 0 Å². The fraction of sp³-hybridized carbons (Fsp3) is 0.579. The highest BCUT2D eigenvalue weighted by Crippen LogP contribution is 2.23. The van der Waals surface area contributed by atoms with Crippen LogP contribution in [-0.2, 0) is 9.53 Å². The van der Waals surface area contributed by atoms with E-state index in [2.05, 4.69) is 5.32 Å². The molecule has 0 radical (unpaired) electrons. The minimum Gasteiger partial charge on any atom is -0.444 e. The number of piperidine rings is 1. The topological polar surface area (TPSA) is 58.6 Å². The molecule has 5 heteroatoms. The van der Waals surface area contributed by atoms with E-state index in [-0.39, 0.29) is 5.91 Å². The summed E-state index contributed by atoms with van der Waals surface area (Å²) in [4.78, 5) is 26.7. The van der Waals surface area contributed by atoms with Crippen LogP contribution in [0.2, 0.25) is 0 Å². The highest BCUT2D eigenvalue weighted by atomic mass is 16.6. The lowest BCUT2D eigenvalue weighted by Gasteiger charge is -2.35. The van der Waals surface area contributed by atoms with Crippen LogP contribution < -0.4 is 5.32 Å². The van der Waals surface area contributed by atoms with Crippen LogP contribution in [0.15, 0.2) is 18.2 Å². The molecular weight excluding hydrogens is 304 g/mol. The smallest absolute Gasteiger partial charge is 0.410 e. The highest BCUT2D eigenvalue weighted by Gasteiger charge is 2.34. The Labute approximate surface area is 144 Å². The van der Waals surface area contributed by atoms with Gasteiger partial charge in [-0.25, -0.2) is 4.79 Å². The predicted molar refractivity (Wildman–Crippen MR) is 95.1 cm³/mol. The first kappa shape index (κ1) is 18.3. The Morgan fingerprint density at radius 1 is 1.21 bits per heavy atom. The molecule has 2 rings (SSSR count). The van der Waals surface area contributed by atoms with Gasteiger partial charge in [0.15, 0.2) is 0 Å². The van der Waals surface area contributed by atoms with Crippen molar-refractivity contribution < 1.29 is 14.3 Å². The summed E-state index contributed by atoms with van der Waals surface area (Å²) < 4.78 is 5.46.